The molecule has 1 unspecified atom stereocenters. The molecule has 0 radical (unpaired) electrons. The van der Waals surface area contributed by atoms with Crippen molar-refractivity contribution in [2.24, 2.45) is 0 Å². The normalized spacial score (nSPS) is 11.8. The molecule has 0 bridgehead atoms. The van der Waals surface area contributed by atoms with Gasteiger partial charge < -0.3 is 0 Å². The van der Waals surface area contributed by atoms with Gasteiger partial charge in [0.2, 0.25) is 0 Å². The number of benzene rings is 5. The highest BCUT2D eigenvalue weighted by atomic mass is 15.0. The Morgan fingerprint density at radius 2 is 0.792 bits per heavy atom. The molecule has 2 aromatic heterocycles. The lowest BCUT2D eigenvalue weighted by molar-refractivity contribution is 0.694. The van der Waals surface area contributed by atoms with Gasteiger partial charge in [0.15, 0.2) is 29.1 Å². The summed E-state index contributed by atoms with van der Waals surface area (Å²) in [6.07, 6.45) is 0.770. The second kappa shape index (κ2) is 13.9. The van der Waals surface area contributed by atoms with Crippen LogP contribution in [0.2, 0.25) is 0 Å². The predicted octanol–water partition coefficient (Wildman–Crippen LogP) is 9.86. The Labute approximate surface area is 281 Å². The van der Waals surface area contributed by atoms with Crippen molar-refractivity contribution in [3.63, 3.8) is 0 Å². The van der Waals surface area contributed by atoms with E-state index in [9.17, 15) is 0 Å². The summed E-state index contributed by atoms with van der Waals surface area (Å²) >= 11 is 0. The molecule has 0 aliphatic carbocycles. The van der Waals surface area contributed by atoms with Crippen LogP contribution in [0.25, 0.3) is 56.9 Å². The zero-order chi connectivity index (χ0) is 32.9. The molecular formula is C42H36N6. The first-order chi connectivity index (χ1) is 23.5. The lowest BCUT2D eigenvalue weighted by Crippen LogP contribution is -2.08. The zero-order valence-corrected chi connectivity index (χ0v) is 27.3. The van der Waals surface area contributed by atoms with Gasteiger partial charge in [0, 0.05) is 33.7 Å². The third-order valence-electron chi connectivity index (χ3n) is 8.39. The Hall–Kier alpha value is -5.88. The molecule has 234 valence electrons. The lowest BCUT2D eigenvalue weighted by atomic mass is 9.99. The molecule has 7 aromatic rings. The minimum absolute atomic E-state index is 0.0606. The summed E-state index contributed by atoms with van der Waals surface area (Å²) in [6, 6.07) is 47.2. The molecule has 6 heteroatoms. The Morgan fingerprint density at radius 3 is 1.25 bits per heavy atom. The first kappa shape index (κ1) is 30.8. The molecule has 0 fully saturated rings. The molecule has 5 aromatic carbocycles. The van der Waals surface area contributed by atoms with Crippen molar-refractivity contribution in [3.8, 4) is 56.9 Å². The predicted molar refractivity (Wildman–Crippen MR) is 193 cm³/mol. The van der Waals surface area contributed by atoms with Crippen LogP contribution in [0.4, 0.5) is 0 Å². The minimum Gasteiger partial charge on any atom is -0.213 e. The maximum atomic E-state index is 4.97. The first-order valence-electron chi connectivity index (χ1n) is 16.4. The molecule has 0 amide bonds. The maximum Gasteiger partial charge on any atom is 0.164 e. The molecule has 0 spiro atoms. The summed E-state index contributed by atoms with van der Waals surface area (Å²) in [7, 11) is 0. The summed E-state index contributed by atoms with van der Waals surface area (Å²) in [5.41, 5.74) is 7.24. The Bertz CT molecular complexity index is 2070. The topological polar surface area (TPSA) is 77.3 Å². The van der Waals surface area contributed by atoms with E-state index in [-0.39, 0.29) is 5.92 Å². The van der Waals surface area contributed by atoms with E-state index < -0.39 is 0 Å². The molecular weight excluding hydrogens is 589 g/mol. The van der Waals surface area contributed by atoms with Gasteiger partial charge in [0.1, 0.15) is 5.82 Å². The molecule has 7 rings (SSSR count). The van der Waals surface area contributed by atoms with Gasteiger partial charge in [0.25, 0.3) is 0 Å². The number of nitrogens with zero attached hydrogens (tertiary/aromatic N) is 6. The van der Waals surface area contributed by atoms with Gasteiger partial charge in [0.05, 0.1) is 0 Å². The van der Waals surface area contributed by atoms with Gasteiger partial charge in [-0.3, -0.25) is 0 Å². The van der Waals surface area contributed by atoms with Crippen molar-refractivity contribution in [2.75, 3.05) is 0 Å². The number of hydrogen-bond acceptors (Lipinski definition) is 6. The Kier molecular flexibility index (Phi) is 8.88. The highest BCUT2D eigenvalue weighted by Gasteiger charge is 2.17. The fraction of sp³-hybridized carbons (Fsp3) is 0.143. The third kappa shape index (κ3) is 6.93. The summed E-state index contributed by atoms with van der Waals surface area (Å²) in [4.78, 5) is 29.5. The second-order valence-corrected chi connectivity index (χ2v) is 12.3. The molecule has 0 aliphatic heterocycles. The van der Waals surface area contributed by atoms with Crippen LogP contribution in [-0.2, 0) is 6.42 Å². The van der Waals surface area contributed by atoms with Gasteiger partial charge >= 0.3 is 0 Å². The van der Waals surface area contributed by atoms with Crippen LogP contribution >= 0.6 is 0 Å². The highest BCUT2D eigenvalue weighted by molar-refractivity contribution is 5.67. The van der Waals surface area contributed by atoms with Crippen molar-refractivity contribution in [1.29, 1.82) is 0 Å². The zero-order valence-electron chi connectivity index (χ0n) is 27.3. The van der Waals surface area contributed by atoms with E-state index in [1.54, 1.807) is 0 Å². The lowest BCUT2D eigenvalue weighted by Gasteiger charge is -2.14. The molecule has 0 saturated carbocycles. The van der Waals surface area contributed by atoms with Gasteiger partial charge in [-0.15, -0.1) is 0 Å². The van der Waals surface area contributed by atoms with E-state index in [1.165, 1.54) is 11.1 Å². The largest absolute Gasteiger partial charge is 0.213 e. The van der Waals surface area contributed by atoms with Crippen molar-refractivity contribution in [2.45, 2.75) is 39.0 Å². The Morgan fingerprint density at radius 1 is 0.396 bits per heavy atom. The number of hydrogen-bond donors (Lipinski definition) is 0. The fourth-order valence-electron chi connectivity index (χ4n) is 5.67. The summed E-state index contributed by atoms with van der Waals surface area (Å²) in [6.45, 7) is 6.56. The summed E-state index contributed by atoms with van der Waals surface area (Å²) < 4.78 is 0. The van der Waals surface area contributed by atoms with E-state index in [0.717, 1.165) is 40.1 Å². The smallest absolute Gasteiger partial charge is 0.164 e. The van der Waals surface area contributed by atoms with Gasteiger partial charge in [-0.2, -0.15) is 0 Å². The highest BCUT2D eigenvalue weighted by Crippen LogP contribution is 2.29. The van der Waals surface area contributed by atoms with Crippen molar-refractivity contribution < 1.29 is 0 Å². The van der Waals surface area contributed by atoms with Crippen LogP contribution in [0.5, 0.6) is 0 Å². The third-order valence-corrected chi connectivity index (χ3v) is 8.39. The molecule has 0 N–H and O–H groups in total. The van der Waals surface area contributed by atoms with Crippen LogP contribution in [0.15, 0.2) is 140 Å². The van der Waals surface area contributed by atoms with Crippen LogP contribution in [0.1, 0.15) is 49.6 Å². The van der Waals surface area contributed by atoms with Crippen molar-refractivity contribution >= 4 is 0 Å². The minimum atomic E-state index is 0.0606. The standard InChI is InChI=1S/C42H36N6/c1-28(2)35-20-13-21-36(27-35)42-47-40(33-18-11-6-12-19-33)46-41(48-42)34-24-22-30(23-25-34)26-29(3)37-43-38(31-14-7-4-8-15-31)45-39(44-37)32-16-9-5-10-17-32/h4-25,27-29H,26H2,1-3H3. The molecule has 48 heavy (non-hydrogen) atoms. The Balaban J connectivity index is 1.20. The first-order valence-corrected chi connectivity index (χ1v) is 16.4. The fourth-order valence-corrected chi connectivity index (χ4v) is 5.67. The van der Waals surface area contributed by atoms with Gasteiger partial charge in [-0.1, -0.05) is 154 Å². The SMILES string of the molecule is CC(C)c1cccc(-c2nc(-c3ccccc3)nc(-c3ccc(CC(C)c4nc(-c5ccccc5)nc(-c5ccccc5)n4)cc3)n2)c1. The summed E-state index contributed by atoms with van der Waals surface area (Å²) in [5, 5.41) is 0. The second-order valence-electron chi connectivity index (χ2n) is 12.3. The maximum absolute atomic E-state index is 4.97. The number of aromatic nitrogens is 6. The van der Waals surface area contributed by atoms with E-state index in [0.29, 0.717) is 35.0 Å². The van der Waals surface area contributed by atoms with Crippen LogP contribution < -0.4 is 0 Å². The molecule has 0 saturated heterocycles. The van der Waals surface area contributed by atoms with Crippen LogP contribution in [0, 0.1) is 0 Å². The van der Waals surface area contributed by atoms with Gasteiger partial charge in [-0.05, 0) is 29.5 Å². The summed E-state index contributed by atoms with van der Waals surface area (Å²) in [5.74, 6) is 4.56. The number of rotatable bonds is 9. The average Bonchev–Trinajstić information content (AvgIpc) is 3.16. The molecule has 1 atom stereocenters. The van der Waals surface area contributed by atoms with Gasteiger partial charge in [-0.25, -0.2) is 29.9 Å². The van der Waals surface area contributed by atoms with E-state index in [2.05, 4.69) is 69.3 Å². The quantitative estimate of drug-likeness (QED) is 0.159. The van der Waals surface area contributed by atoms with E-state index in [1.807, 2.05) is 91.0 Å². The van der Waals surface area contributed by atoms with E-state index in [4.69, 9.17) is 29.9 Å². The molecule has 0 aliphatic rings. The van der Waals surface area contributed by atoms with Crippen LogP contribution in [0.3, 0.4) is 0 Å². The average molecular weight is 625 g/mol. The van der Waals surface area contributed by atoms with Crippen LogP contribution in [-0.4, -0.2) is 29.9 Å². The monoisotopic (exact) mass is 624 g/mol. The molecule has 2 heterocycles. The molecule has 6 nitrogen and oxygen atoms in total. The van der Waals surface area contributed by atoms with Crippen molar-refractivity contribution in [3.05, 3.63) is 156 Å². The van der Waals surface area contributed by atoms with E-state index >= 15 is 0 Å². The van der Waals surface area contributed by atoms with Crippen molar-refractivity contribution in [1.82, 2.24) is 29.9 Å².